The molecular weight excluding hydrogens is 445 g/mol. The summed E-state index contributed by atoms with van der Waals surface area (Å²) in [4.78, 5) is 15.3. The zero-order chi connectivity index (χ0) is 24.1. The summed E-state index contributed by atoms with van der Waals surface area (Å²) in [6.07, 6.45) is -0.109. The Labute approximate surface area is 194 Å². The lowest BCUT2D eigenvalue weighted by atomic mass is 9.84. The number of fused-ring (bicyclic) bond motifs is 1. The van der Waals surface area contributed by atoms with Crippen LogP contribution < -0.4 is 16.2 Å². The van der Waals surface area contributed by atoms with Gasteiger partial charge in [-0.1, -0.05) is 6.07 Å². The highest BCUT2D eigenvalue weighted by Gasteiger charge is 2.57. The summed E-state index contributed by atoms with van der Waals surface area (Å²) in [5.41, 5.74) is -0.505. The number of anilines is 2. The minimum Gasteiger partial charge on any atom is -0.338 e. The Bertz CT molecular complexity index is 1330. The van der Waals surface area contributed by atoms with Crippen LogP contribution in [0.15, 0.2) is 35.3 Å². The molecule has 1 aliphatic carbocycles. The van der Waals surface area contributed by atoms with Gasteiger partial charge in [-0.15, -0.1) is 0 Å². The van der Waals surface area contributed by atoms with Crippen LogP contribution in [0.3, 0.4) is 0 Å². The SMILES string of the molecule is Cc1cc(Nc2nn(C(CC#N)C3CC3)c3cc[nH]c(=O)c23)ccc1C1(C(F)(F)F)CCCN1. The standard InChI is InChI=1S/C24H25F3N6O/c1-14-13-16(5-6-17(14)23(24(25,26)27)9-2-11-30-23)31-21-20-19(8-12-29-22(20)34)33(32-21)18(7-10-28)15-3-4-15/h5-6,8,12-13,15,18,30H,2-4,7,9,11H2,1H3,(H,29,34)(H,31,32). The number of nitrogens with zero attached hydrogens (tertiary/aromatic N) is 3. The van der Waals surface area contributed by atoms with Crippen LogP contribution in [-0.4, -0.2) is 27.5 Å². The number of alkyl halides is 3. The highest BCUT2D eigenvalue weighted by molar-refractivity contribution is 5.91. The van der Waals surface area contributed by atoms with Gasteiger partial charge in [0.05, 0.1) is 24.0 Å². The van der Waals surface area contributed by atoms with E-state index in [0.717, 1.165) is 12.8 Å². The Balaban J connectivity index is 1.54. The van der Waals surface area contributed by atoms with Crippen molar-refractivity contribution in [3.8, 4) is 6.07 Å². The van der Waals surface area contributed by atoms with Gasteiger partial charge in [0.2, 0.25) is 0 Å². The van der Waals surface area contributed by atoms with Gasteiger partial charge >= 0.3 is 6.18 Å². The molecule has 3 N–H and O–H groups in total. The first-order chi connectivity index (χ1) is 16.2. The Morgan fingerprint density at radius 2 is 2.15 bits per heavy atom. The molecule has 2 unspecified atom stereocenters. The molecule has 1 aromatic carbocycles. The fraction of sp³-hybridized carbons (Fsp3) is 0.458. The first kappa shape index (κ1) is 22.5. The summed E-state index contributed by atoms with van der Waals surface area (Å²) >= 11 is 0. The summed E-state index contributed by atoms with van der Waals surface area (Å²) in [7, 11) is 0. The lowest BCUT2D eigenvalue weighted by Crippen LogP contribution is -2.50. The predicted octanol–water partition coefficient (Wildman–Crippen LogP) is 4.78. The predicted molar refractivity (Wildman–Crippen MR) is 122 cm³/mol. The van der Waals surface area contributed by atoms with Gasteiger partial charge in [0, 0.05) is 11.9 Å². The second kappa shape index (κ2) is 8.17. The topological polar surface area (TPSA) is 98.5 Å². The van der Waals surface area contributed by atoms with Crippen molar-refractivity contribution in [1.29, 1.82) is 5.26 Å². The van der Waals surface area contributed by atoms with Crippen LogP contribution in [0, 0.1) is 24.2 Å². The van der Waals surface area contributed by atoms with E-state index in [1.165, 1.54) is 6.07 Å². The van der Waals surface area contributed by atoms with Crippen molar-refractivity contribution in [2.75, 3.05) is 11.9 Å². The number of H-pyrrole nitrogens is 1. The van der Waals surface area contributed by atoms with E-state index in [2.05, 4.69) is 26.8 Å². The first-order valence-electron chi connectivity index (χ1n) is 11.4. The molecule has 3 heterocycles. The van der Waals surface area contributed by atoms with Crippen molar-refractivity contribution in [1.82, 2.24) is 20.1 Å². The molecule has 1 saturated carbocycles. The number of pyridine rings is 1. The Morgan fingerprint density at radius 1 is 1.35 bits per heavy atom. The molecule has 2 atom stereocenters. The van der Waals surface area contributed by atoms with Gasteiger partial charge < -0.3 is 10.3 Å². The molecule has 2 aliphatic rings. The van der Waals surface area contributed by atoms with E-state index in [0.29, 0.717) is 46.9 Å². The molecular formula is C24H25F3N6O. The molecule has 0 amide bonds. The van der Waals surface area contributed by atoms with E-state index in [-0.39, 0.29) is 30.0 Å². The van der Waals surface area contributed by atoms with E-state index < -0.39 is 11.7 Å². The molecule has 0 radical (unpaired) electrons. The number of aromatic amines is 1. The lowest BCUT2D eigenvalue weighted by Gasteiger charge is -2.34. The molecule has 3 aromatic rings. The zero-order valence-electron chi connectivity index (χ0n) is 18.7. The van der Waals surface area contributed by atoms with Crippen LogP contribution in [-0.2, 0) is 5.54 Å². The number of benzene rings is 1. The Hall–Kier alpha value is -3.32. The highest BCUT2D eigenvalue weighted by Crippen LogP contribution is 2.47. The van der Waals surface area contributed by atoms with E-state index >= 15 is 0 Å². The lowest BCUT2D eigenvalue weighted by molar-refractivity contribution is -0.196. The number of aryl methyl sites for hydroxylation is 1. The van der Waals surface area contributed by atoms with Gasteiger partial charge in [0.25, 0.3) is 5.56 Å². The highest BCUT2D eigenvalue weighted by atomic mass is 19.4. The molecule has 2 aromatic heterocycles. The molecule has 7 nitrogen and oxygen atoms in total. The maximum absolute atomic E-state index is 14.0. The fourth-order valence-electron chi connectivity index (χ4n) is 5.19. The Morgan fingerprint density at radius 3 is 2.76 bits per heavy atom. The number of halogens is 3. The maximum Gasteiger partial charge on any atom is 0.410 e. The molecule has 10 heteroatoms. The Kier molecular flexibility index (Phi) is 5.40. The van der Waals surface area contributed by atoms with Crippen LogP contribution >= 0.6 is 0 Å². The number of hydrogen-bond acceptors (Lipinski definition) is 5. The molecule has 34 heavy (non-hydrogen) atoms. The average Bonchev–Trinajstić information content (AvgIpc) is 3.37. The van der Waals surface area contributed by atoms with Gasteiger partial charge in [-0.2, -0.15) is 23.5 Å². The van der Waals surface area contributed by atoms with E-state index in [1.54, 1.807) is 36.0 Å². The van der Waals surface area contributed by atoms with Crippen molar-refractivity contribution < 1.29 is 13.2 Å². The smallest absolute Gasteiger partial charge is 0.338 e. The van der Waals surface area contributed by atoms with E-state index in [1.807, 2.05) is 0 Å². The number of aromatic nitrogens is 3. The van der Waals surface area contributed by atoms with Gasteiger partial charge in [0.1, 0.15) is 10.9 Å². The molecule has 0 spiro atoms. The number of rotatable bonds is 6. The van der Waals surface area contributed by atoms with Gasteiger partial charge in [-0.05, 0) is 74.4 Å². The number of hydrogen-bond donors (Lipinski definition) is 3. The second-order valence-corrected chi connectivity index (χ2v) is 9.22. The number of nitrogens with one attached hydrogen (secondary N) is 3. The van der Waals surface area contributed by atoms with Crippen LogP contribution in [0.4, 0.5) is 24.7 Å². The maximum atomic E-state index is 14.0. The third kappa shape index (κ3) is 3.64. The third-order valence-electron chi connectivity index (χ3n) is 7.00. The summed E-state index contributed by atoms with van der Waals surface area (Å²) < 4.78 is 43.8. The first-order valence-corrected chi connectivity index (χ1v) is 11.4. The molecule has 5 rings (SSSR count). The largest absolute Gasteiger partial charge is 0.410 e. The zero-order valence-corrected chi connectivity index (χ0v) is 18.7. The summed E-state index contributed by atoms with van der Waals surface area (Å²) in [6.45, 7) is 1.98. The molecule has 2 fully saturated rings. The van der Waals surface area contributed by atoms with E-state index in [4.69, 9.17) is 0 Å². The molecule has 0 bridgehead atoms. The monoisotopic (exact) mass is 470 g/mol. The fourth-order valence-corrected chi connectivity index (χ4v) is 5.19. The van der Waals surface area contributed by atoms with Crippen LogP contribution in [0.2, 0.25) is 0 Å². The number of nitriles is 1. The van der Waals surface area contributed by atoms with Crippen LogP contribution in [0.5, 0.6) is 0 Å². The minimum atomic E-state index is -4.41. The molecule has 1 aliphatic heterocycles. The minimum absolute atomic E-state index is 0.00398. The normalized spacial score (nSPS) is 21.5. The van der Waals surface area contributed by atoms with E-state index in [9.17, 15) is 23.2 Å². The third-order valence-corrected chi connectivity index (χ3v) is 7.00. The van der Waals surface area contributed by atoms with Gasteiger partial charge in [-0.25, -0.2) is 0 Å². The van der Waals surface area contributed by atoms with Crippen molar-refractivity contribution >= 4 is 22.4 Å². The van der Waals surface area contributed by atoms with Gasteiger partial charge in [0.15, 0.2) is 5.82 Å². The summed E-state index contributed by atoms with van der Waals surface area (Å²) in [5.74, 6) is 0.658. The molecule has 178 valence electrons. The van der Waals surface area contributed by atoms with Crippen LogP contribution in [0.25, 0.3) is 10.9 Å². The average molecular weight is 470 g/mol. The van der Waals surface area contributed by atoms with Crippen molar-refractivity contribution in [3.63, 3.8) is 0 Å². The summed E-state index contributed by atoms with van der Waals surface area (Å²) in [6, 6.07) is 8.58. The second-order valence-electron chi connectivity index (χ2n) is 9.22. The summed E-state index contributed by atoms with van der Waals surface area (Å²) in [5, 5.41) is 20.1. The van der Waals surface area contributed by atoms with Gasteiger partial charge in [-0.3, -0.25) is 14.8 Å². The van der Waals surface area contributed by atoms with Crippen LogP contribution in [0.1, 0.15) is 49.3 Å². The molecule has 1 saturated heterocycles. The van der Waals surface area contributed by atoms with Crippen molar-refractivity contribution in [2.45, 2.75) is 56.8 Å². The quantitative estimate of drug-likeness (QED) is 0.482. The van der Waals surface area contributed by atoms with Crippen molar-refractivity contribution in [3.05, 3.63) is 51.9 Å². The van der Waals surface area contributed by atoms with Crippen molar-refractivity contribution in [2.24, 2.45) is 5.92 Å².